The van der Waals surface area contributed by atoms with Crippen LogP contribution in [0.5, 0.6) is 0 Å². The first-order valence-electron chi connectivity index (χ1n) is 7.86. The van der Waals surface area contributed by atoms with Crippen molar-refractivity contribution in [3.63, 3.8) is 0 Å². The van der Waals surface area contributed by atoms with Gasteiger partial charge in [0.1, 0.15) is 5.82 Å². The summed E-state index contributed by atoms with van der Waals surface area (Å²) in [6, 6.07) is 4.56. The fourth-order valence-electron chi connectivity index (χ4n) is 3.18. The van der Waals surface area contributed by atoms with Crippen molar-refractivity contribution in [1.82, 2.24) is 14.1 Å². The zero-order valence-electron chi connectivity index (χ0n) is 13.3. The SMILES string of the molecule is Cn1ncc(Cl)c1[C@H]1CCCCCN1S(=O)(=O)c1ccc(F)cc1. The van der Waals surface area contributed by atoms with Gasteiger partial charge in [-0.3, -0.25) is 4.68 Å². The Labute approximate surface area is 146 Å². The first-order valence-corrected chi connectivity index (χ1v) is 9.68. The molecule has 0 radical (unpaired) electrons. The number of aromatic nitrogens is 2. The molecule has 2 heterocycles. The second-order valence-corrected chi connectivity index (χ2v) is 8.23. The van der Waals surface area contributed by atoms with Gasteiger partial charge >= 0.3 is 0 Å². The van der Waals surface area contributed by atoms with Crippen molar-refractivity contribution in [2.24, 2.45) is 7.05 Å². The molecule has 2 aromatic rings. The third-order valence-corrected chi connectivity index (χ3v) is 6.59. The standard InChI is InChI=1S/C16H19ClFN3O2S/c1-20-16(14(17)11-19-20)15-5-3-2-4-10-21(15)24(22,23)13-8-6-12(18)7-9-13/h6-9,11,15H,2-5,10H2,1H3/t15-/m1/s1. The molecule has 0 unspecified atom stereocenters. The summed E-state index contributed by atoms with van der Waals surface area (Å²) in [4.78, 5) is 0.0918. The van der Waals surface area contributed by atoms with E-state index in [1.807, 2.05) is 0 Å². The third kappa shape index (κ3) is 3.20. The van der Waals surface area contributed by atoms with Crippen LogP contribution in [-0.4, -0.2) is 29.0 Å². The van der Waals surface area contributed by atoms with Crippen LogP contribution in [-0.2, 0) is 17.1 Å². The van der Waals surface area contributed by atoms with Gasteiger partial charge < -0.3 is 0 Å². The maximum absolute atomic E-state index is 13.2. The number of hydrogen-bond donors (Lipinski definition) is 0. The van der Waals surface area contributed by atoms with Crippen molar-refractivity contribution in [3.8, 4) is 0 Å². The Hall–Kier alpha value is -1.44. The molecule has 1 aliphatic heterocycles. The molecule has 0 aliphatic carbocycles. The molecular weight excluding hydrogens is 353 g/mol. The van der Waals surface area contributed by atoms with Crippen LogP contribution >= 0.6 is 11.6 Å². The minimum absolute atomic E-state index is 0.0918. The van der Waals surface area contributed by atoms with Gasteiger partial charge in [-0.2, -0.15) is 9.40 Å². The highest BCUT2D eigenvalue weighted by Crippen LogP contribution is 2.37. The normalized spacial score (nSPS) is 20.0. The molecule has 1 saturated heterocycles. The fraction of sp³-hybridized carbons (Fsp3) is 0.438. The summed E-state index contributed by atoms with van der Waals surface area (Å²) in [6.45, 7) is 0.409. The van der Waals surface area contributed by atoms with Gasteiger partial charge in [-0.15, -0.1) is 0 Å². The van der Waals surface area contributed by atoms with E-state index < -0.39 is 15.8 Å². The lowest BCUT2D eigenvalue weighted by molar-refractivity contribution is 0.315. The summed E-state index contributed by atoms with van der Waals surface area (Å²) in [7, 11) is -1.99. The van der Waals surface area contributed by atoms with Crippen LogP contribution < -0.4 is 0 Å². The predicted octanol–water partition coefficient (Wildman–Crippen LogP) is 3.52. The second-order valence-electron chi connectivity index (χ2n) is 5.94. The topological polar surface area (TPSA) is 55.2 Å². The fourth-order valence-corrected chi connectivity index (χ4v) is 5.13. The Bertz CT molecular complexity index is 801. The number of benzene rings is 1. The Kier molecular flexibility index (Phi) is 4.94. The maximum atomic E-state index is 13.2. The van der Waals surface area contributed by atoms with Crippen molar-refractivity contribution < 1.29 is 12.8 Å². The Morgan fingerprint density at radius 1 is 1.21 bits per heavy atom. The molecule has 1 aromatic carbocycles. The molecule has 1 fully saturated rings. The molecule has 0 bridgehead atoms. The number of sulfonamides is 1. The lowest BCUT2D eigenvalue weighted by atomic mass is 10.1. The zero-order valence-corrected chi connectivity index (χ0v) is 14.9. The van der Waals surface area contributed by atoms with Crippen LogP contribution in [0.15, 0.2) is 35.4 Å². The highest BCUT2D eigenvalue weighted by Gasteiger charge is 2.36. The maximum Gasteiger partial charge on any atom is 0.243 e. The van der Waals surface area contributed by atoms with Gasteiger partial charge in [0.15, 0.2) is 0 Å². The summed E-state index contributed by atoms with van der Waals surface area (Å²) >= 11 is 6.26. The zero-order chi connectivity index (χ0) is 17.3. The van der Waals surface area contributed by atoms with E-state index in [1.54, 1.807) is 11.7 Å². The molecular formula is C16H19ClFN3O2S. The van der Waals surface area contributed by atoms with Gasteiger partial charge in [0, 0.05) is 13.6 Å². The number of aryl methyl sites for hydroxylation is 1. The van der Waals surface area contributed by atoms with Crippen LogP contribution in [0.2, 0.25) is 5.02 Å². The smallest absolute Gasteiger partial charge is 0.243 e. The Balaban J connectivity index is 2.06. The number of nitrogens with zero attached hydrogens (tertiary/aromatic N) is 3. The second kappa shape index (κ2) is 6.82. The van der Waals surface area contributed by atoms with Gasteiger partial charge in [0.2, 0.25) is 10.0 Å². The molecule has 1 aliphatic rings. The highest BCUT2D eigenvalue weighted by atomic mass is 35.5. The average molecular weight is 372 g/mol. The summed E-state index contributed by atoms with van der Waals surface area (Å²) in [5, 5.41) is 4.60. The van der Waals surface area contributed by atoms with Crippen molar-refractivity contribution in [3.05, 3.63) is 47.0 Å². The van der Waals surface area contributed by atoms with Crippen molar-refractivity contribution >= 4 is 21.6 Å². The third-order valence-electron chi connectivity index (χ3n) is 4.38. The largest absolute Gasteiger partial charge is 0.269 e. The van der Waals surface area contributed by atoms with Crippen LogP contribution in [0.1, 0.15) is 37.4 Å². The van der Waals surface area contributed by atoms with E-state index in [0.717, 1.165) is 31.4 Å². The molecule has 130 valence electrons. The first-order chi connectivity index (χ1) is 11.4. The van der Waals surface area contributed by atoms with E-state index in [9.17, 15) is 12.8 Å². The number of halogens is 2. The van der Waals surface area contributed by atoms with Crippen LogP contribution in [0.25, 0.3) is 0 Å². The number of hydrogen-bond acceptors (Lipinski definition) is 3. The lowest BCUT2D eigenvalue weighted by Crippen LogP contribution is -2.35. The minimum atomic E-state index is -3.74. The Morgan fingerprint density at radius 3 is 2.54 bits per heavy atom. The van der Waals surface area contributed by atoms with E-state index in [4.69, 9.17) is 11.6 Å². The molecule has 1 atom stereocenters. The van der Waals surface area contributed by atoms with E-state index in [-0.39, 0.29) is 10.9 Å². The van der Waals surface area contributed by atoms with Gasteiger partial charge in [-0.25, -0.2) is 12.8 Å². The van der Waals surface area contributed by atoms with Gasteiger partial charge in [-0.1, -0.05) is 24.4 Å². The predicted molar refractivity (Wildman–Crippen MR) is 89.7 cm³/mol. The molecule has 0 amide bonds. The summed E-state index contributed by atoms with van der Waals surface area (Å²) in [5.74, 6) is -0.462. The summed E-state index contributed by atoms with van der Waals surface area (Å²) in [5.41, 5.74) is 0.698. The molecule has 5 nitrogen and oxygen atoms in total. The van der Waals surface area contributed by atoms with Gasteiger partial charge in [-0.05, 0) is 37.1 Å². The van der Waals surface area contributed by atoms with E-state index in [2.05, 4.69) is 5.10 Å². The lowest BCUT2D eigenvalue weighted by Gasteiger charge is -2.29. The average Bonchev–Trinajstić information content (AvgIpc) is 2.76. The van der Waals surface area contributed by atoms with E-state index in [1.165, 1.54) is 22.6 Å². The van der Waals surface area contributed by atoms with Gasteiger partial charge in [0.05, 0.1) is 27.9 Å². The van der Waals surface area contributed by atoms with Crippen molar-refractivity contribution in [2.45, 2.75) is 36.6 Å². The van der Waals surface area contributed by atoms with Gasteiger partial charge in [0.25, 0.3) is 0 Å². The van der Waals surface area contributed by atoms with Crippen LogP contribution in [0.4, 0.5) is 4.39 Å². The van der Waals surface area contributed by atoms with E-state index >= 15 is 0 Å². The van der Waals surface area contributed by atoms with Crippen molar-refractivity contribution in [2.75, 3.05) is 6.54 Å². The van der Waals surface area contributed by atoms with E-state index in [0.29, 0.717) is 23.7 Å². The minimum Gasteiger partial charge on any atom is -0.269 e. The van der Waals surface area contributed by atoms with Crippen LogP contribution in [0, 0.1) is 5.82 Å². The monoisotopic (exact) mass is 371 g/mol. The highest BCUT2D eigenvalue weighted by molar-refractivity contribution is 7.89. The molecule has 0 N–H and O–H groups in total. The molecule has 0 spiro atoms. The molecule has 1 aromatic heterocycles. The molecule has 24 heavy (non-hydrogen) atoms. The Morgan fingerprint density at radius 2 is 1.92 bits per heavy atom. The van der Waals surface area contributed by atoms with Crippen molar-refractivity contribution in [1.29, 1.82) is 0 Å². The quantitative estimate of drug-likeness (QED) is 0.829. The first kappa shape index (κ1) is 17.4. The number of rotatable bonds is 3. The summed E-state index contributed by atoms with van der Waals surface area (Å²) in [6.07, 6.45) is 4.87. The van der Waals surface area contributed by atoms with Crippen LogP contribution in [0.3, 0.4) is 0 Å². The molecule has 3 rings (SSSR count). The molecule has 8 heteroatoms. The molecule has 0 saturated carbocycles. The summed E-state index contributed by atoms with van der Waals surface area (Å²) < 4.78 is 42.5.